The first kappa shape index (κ1) is 18.6. The molecule has 0 fully saturated rings. The molecule has 0 unspecified atom stereocenters. The van der Waals surface area contributed by atoms with E-state index in [1.54, 1.807) is 0 Å². The van der Waals surface area contributed by atoms with Crippen LogP contribution in [0.3, 0.4) is 0 Å². The minimum absolute atomic E-state index is 0. The van der Waals surface area contributed by atoms with E-state index in [0.29, 0.717) is 0 Å². The van der Waals surface area contributed by atoms with E-state index in [1.165, 1.54) is 10.9 Å². The number of benzene rings is 1. The molecular weight excluding hydrogens is 320 g/mol. The summed E-state index contributed by atoms with van der Waals surface area (Å²) in [6, 6.07) is 8.51. The van der Waals surface area contributed by atoms with Crippen molar-refractivity contribution in [3.63, 3.8) is 0 Å². The van der Waals surface area contributed by atoms with Crippen LogP contribution in [0.15, 0.2) is 24.3 Å². The number of rotatable bonds is 0. The van der Waals surface area contributed by atoms with Crippen molar-refractivity contribution in [2.24, 2.45) is 0 Å². The van der Waals surface area contributed by atoms with E-state index < -0.39 is 0 Å². The molecule has 1 heterocycles. The Morgan fingerprint density at radius 2 is 1.75 bits per heavy atom. The Hall–Kier alpha value is 0.223. The molecular formula is C12H14Cl2NZr. The number of hydrogen-bond donors (Lipinski definition) is 1. The summed E-state index contributed by atoms with van der Waals surface area (Å²) in [4.78, 5) is 3.07. The van der Waals surface area contributed by atoms with Crippen molar-refractivity contribution in [3.05, 3.63) is 36.0 Å². The van der Waals surface area contributed by atoms with Crippen molar-refractivity contribution in [1.82, 2.24) is 4.98 Å². The molecule has 2 aromatic rings. The summed E-state index contributed by atoms with van der Waals surface area (Å²) in [6.07, 6.45) is 2.99. The normalized spacial score (nSPS) is 9.94. The molecule has 0 bridgehead atoms. The van der Waals surface area contributed by atoms with Crippen LogP contribution in [0.5, 0.6) is 0 Å². The summed E-state index contributed by atoms with van der Waals surface area (Å²) in [5.41, 5.74) is 2.76. The Morgan fingerprint density at radius 1 is 1.12 bits per heavy atom. The monoisotopic (exact) mass is 332 g/mol. The molecule has 0 spiro atoms. The SMILES string of the molecule is CC(C)(C)c1ccc2[nH][c-]cc2c1.[Cl-].[Cl-].[Zr+3]. The number of H-pyrrole nitrogens is 1. The standard InChI is InChI=1S/C12H14N.2ClH.Zr/c1-12(2,3)10-4-5-11-9(8-10)6-7-13-11;;;/h4-6,8,13H,1-3H3;2*1H;/q-1;;;+3/p-2. The van der Waals surface area contributed by atoms with Gasteiger partial charge in [0.15, 0.2) is 0 Å². The summed E-state index contributed by atoms with van der Waals surface area (Å²) in [7, 11) is 0. The molecule has 1 aromatic heterocycles. The second-order valence-electron chi connectivity index (χ2n) is 4.47. The number of hydrogen-bond acceptors (Lipinski definition) is 0. The first-order valence-corrected chi connectivity index (χ1v) is 4.57. The average molecular weight is 334 g/mol. The minimum atomic E-state index is 0. The second-order valence-corrected chi connectivity index (χ2v) is 4.47. The van der Waals surface area contributed by atoms with Gasteiger partial charge in [-0.05, 0) is 5.41 Å². The maximum Gasteiger partial charge on any atom is 3.00 e. The van der Waals surface area contributed by atoms with Crippen LogP contribution in [0.1, 0.15) is 26.3 Å². The van der Waals surface area contributed by atoms with Gasteiger partial charge in [-0.1, -0.05) is 32.4 Å². The van der Waals surface area contributed by atoms with E-state index in [4.69, 9.17) is 0 Å². The third-order valence-electron chi connectivity index (χ3n) is 2.35. The predicted octanol–water partition coefficient (Wildman–Crippen LogP) is -2.73. The molecule has 0 saturated heterocycles. The summed E-state index contributed by atoms with van der Waals surface area (Å²) in [6.45, 7) is 6.68. The zero-order valence-corrected chi connectivity index (χ0v) is 13.5. The summed E-state index contributed by atoms with van der Waals surface area (Å²) >= 11 is 0. The first-order chi connectivity index (χ1) is 6.07. The third kappa shape index (κ3) is 3.91. The van der Waals surface area contributed by atoms with Gasteiger partial charge in [0.2, 0.25) is 0 Å². The van der Waals surface area contributed by atoms with Gasteiger partial charge in [-0.15, -0.1) is 23.8 Å². The van der Waals surface area contributed by atoms with Gasteiger partial charge in [0.05, 0.1) is 0 Å². The maximum atomic E-state index is 3.07. The molecule has 4 heteroatoms. The van der Waals surface area contributed by atoms with Crippen LogP contribution >= 0.6 is 0 Å². The van der Waals surface area contributed by atoms with Crippen molar-refractivity contribution in [1.29, 1.82) is 0 Å². The van der Waals surface area contributed by atoms with Gasteiger partial charge in [0.1, 0.15) is 0 Å². The quantitative estimate of drug-likeness (QED) is 0.504. The van der Waals surface area contributed by atoms with Crippen LogP contribution in [0, 0.1) is 6.20 Å². The molecule has 0 aliphatic heterocycles. The topological polar surface area (TPSA) is 15.8 Å². The molecule has 16 heavy (non-hydrogen) atoms. The van der Waals surface area contributed by atoms with Crippen molar-refractivity contribution in [3.8, 4) is 0 Å². The van der Waals surface area contributed by atoms with E-state index >= 15 is 0 Å². The summed E-state index contributed by atoms with van der Waals surface area (Å²) in [5.74, 6) is 0. The Kier molecular flexibility index (Phi) is 7.94. The molecule has 0 aliphatic rings. The zero-order chi connectivity index (χ0) is 9.47. The van der Waals surface area contributed by atoms with Crippen LogP contribution in [0.2, 0.25) is 0 Å². The van der Waals surface area contributed by atoms with Gasteiger partial charge in [-0.25, -0.2) is 0 Å². The molecule has 0 saturated carbocycles. The molecule has 1 N–H and O–H groups in total. The first-order valence-electron chi connectivity index (χ1n) is 4.57. The third-order valence-corrected chi connectivity index (χ3v) is 2.35. The molecule has 1 radical (unpaired) electrons. The number of aromatic amines is 1. The molecule has 2 rings (SSSR count). The summed E-state index contributed by atoms with van der Waals surface area (Å²) < 4.78 is 0. The van der Waals surface area contributed by atoms with E-state index in [-0.39, 0.29) is 56.4 Å². The van der Waals surface area contributed by atoms with E-state index in [2.05, 4.69) is 50.2 Å². The molecule has 0 aliphatic carbocycles. The zero-order valence-electron chi connectivity index (χ0n) is 9.57. The molecule has 85 valence electrons. The Labute approximate surface area is 128 Å². The number of halogens is 2. The van der Waals surface area contributed by atoms with Crippen molar-refractivity contribution >= 4 is 10.9 Å². The van der Waals surface area contributed by atoms with Gasteiger partial charge in [-0.2, -0.15) is 11.5 Å². The van der Waals surface area contributed by atoms with Gasteiger partial charge >= 0.3 is 26.2 Å². The second kappa shape index (κ2) is 6.84. The minimum Gasteiger partial charge on any atom is -1.00 e. The number of fused-ring (bicyclic) bond motifs is 1. The van der Waals surface area contributed by atoms with Crippen LogP contribution in [0.4, 0.5) is 0 Å². The molecule has 1 aromatic carbocycles. The number of nitrogens with one attached hydrogen (secondary N) is 1. The van der Waals surface area contributed by atoms with E-state index in [0.717, 1.165) is 5.52 Å². The van der Waals surface area contributed by atoms with Crippen LogP contribution < -0.4 is 24.8 Å². The van der Waals surface area contributed by atoms with Crippen LogP contribution in [-0.4, -0.2) is 4.98 Å². The fraction of sp³-hybridized carbons (Fsp3) is 0.333. The number of aromatic nitrogens is 1. The van der Waals surface area contributed by atoms with Crippen molar-refractivity contribution in [2.75, 3.05) is 0 Å². The maximum absolute atomic E-state index is 3.07. The van der Waals surface area contributed by atoms with Gasteiger partial charge < -0.3 is 29.8 Å². The molecule has 1 nitrogen and oxygen atoms in total. The average Bonchev–Trinajstić information content (AvgIpc) is 2.47. The van der Waals surface area contributed by atoms with E-state index in [1.807, 2.05) is 6.07 Å². The Morgan fingerprint density at radius 3 is 2.31 bits per heavy atom. The van der Waals surface area contributed by atoms with Crippen LogP contribution in [-0.2, 0) is 31.6 Å². The van der Waals surface area contributed by atoms with Gasteiger partial charge in [0.25, 0.3) is 0 Å². The van der Waals surface area contributed by atoms with E-state index in [9.17, 15) is 0 Å². The Balaban J connectivity index is 0. The fourth-order valence-corrected chi connectivity index (χ4v) is 1.45. The van der Waals surface area contributed by atoms with Crippen molar-refractivity contribution in [2.45, 2.75) is 26.2 Å². The largest absolute Gasteiger partial charge is 3.00 e. The van der Waals surface area contributed by atoms with Crippen LogP contribution in [0.25, 0.3) is 10.9 Å². The predicted molar refractivity (Wildman–Crippen MR) is 55.8 cm³/mol. The van der Waals surface area contributed by atoms with Crippen molar-refractivity contribution < 1.29 is 51.0 Å². The molecule has 0 atom stereocenters. The fourth-order valence-electron chi connectivity index (χ4n) is 1.45. The Bertz CT molecular complexity index is 432. The van der Waals surface area contributed by atoms with Gasteiger partial charge in [-0.3, -0.25) is 0 Å². The summed E-state index contributed by atoms with van der Waals surface area (Å²) in [5, 5.41) is 1.24. The van der Waals surface area contributed by atoms with Gasteiger partial charge in [0, 0.05) is 0 Å². The molecule has 0 amide bonds. The smallest absolute Gasteiger partial charge is 1.00 e.